The first-order valence-electron chi connectivity index (χ1n) is 5.00. The number of hydrogen-bond acceptors (Lipinski definition) is 4. The molecule has 0 rings (SSSR count). The molecule has 0 bridgehead atoms. The highest BCUT2D eigenvalue weighted by Gasteiger charge is 2.16. The molecule has 1 atom stereocenters. The zero-order valence-corrected chi connectivity index (χ0v) is 10.5. The van der Waals surface area contributed by atoms with Crippen LogP contribution in [0.4, 0.5) is 0 Å². The maximum atomic E-state index is 10.4. The second kappa shape index (κ2) is 7.09. The maximum absolute atomic E-state index is 10.4. The fraction of sp³-hybridized carbons (Fsp3) is 0.900. The Balaban J connectivity index is 3.44. The third-order valence-corrected chi connectivity index (χ3v) is 3.31. The fourth-order valence-electron chi connectivity index (χ4n) is 0.856. The molecule has 0 aliphatic carbocycles. The van der Waals surface area contributed by atoms with Gasteiger partial charge >= 0.3 is 5.97 Å². The van der Waals surface area contributed by atoms with Gasteiger partial charge in [-0.05, 0) is 38.2 Å². The Labute approximate surface area is 95.6 Å². The first-order valence-corrected chi connectivity index (χ1v) is 6.16. The summed E-state index contributed by atoms with van der Waals surface area (Å²) in [6, 6.07) is -0.729. The molecular formula is C10H21NO3S. The number of carboxylic acid groups (broad SMARTS) is 1. The van der Waals surface area contributed by atoms with E-state index >= 15 is 0 Å². The summed E-state index contributed by atoms with van der Waals surface area (Å²) in [7, 11) is 1.70. The lowest BCUT2D eigenvalue weighted by Gasteiger charge is -2.22. The first kappa shape index (κ1) is 14.7. The van der Waals surface area contributed by atoms with Crippen LogP contribution < -0.4 is 5.73 Å². The lowest BCUT2D eigenvalue weighted by Crippen LogP contribution is -2.30. The van der Waals surface area contributed by atoms with Crippen LogP contribution in [-0.2, 0) is 9.53 Å². The number of carbonyl (C=O) groups is 1. The second-order valence-corrected chi connectivity index (χ2v) is 5.28. The van der Waals surface area contributed by atoms with E-state index in [9.17, 15) is 4.79 Å². The molecule has 15 heavy (non-hydrogen) atoms. The van der Waals surface area contributed by atoms with Crippen LogP contribution in [0.1, 0.15) is 26.7 Å². The molecule has 4 nitrogen and oxygen atoms in total. The largest absolute Gasteiger partial charge is 0.480 e. The molecule has 0 aliphatic rings. The van der Waals surface area contributed by atoms with Crippen LogP contribution in [0.3, 0.4) is 0 Å². The van der Waals surface area contributed by atoms with Gasteiger partial charge < -0.3 is 15.6 Å². The smallest absolute Gasteiger partial charge is 0.320 e. The molecule has 0 amide bonds. The van der Waals surface area contributed by atoms with E-state index < -0.39 is 12.0 Å². The van der Waals surface area contributed by atoms with Gasteiger partial charge in [-0.1, -0.05) is 0 Å². The standard InChI is InChI=1S/C10H21NO3S/c1-10(2,14-3)5-7-15-6-4-8(11)9(12)13/h8H,4-7,11H2,1-3H3,(H,12,13). The molecule has 0 aliphatic heterocycles. The Hall–Kier alpha value is -0.260. The van der Waals surface area contributed by atoms with Crippen molar-refractivity contribution in [2.45, 2.75) is 38.3 Å². The normalized spacial score (nSPS) is 13.9. The van der Waals surface area contributed by atoms with E-state index in [1.54, 1.807) is 18.9 Å². The Kier molecular flexibility index (Phi) is 6.96. The number of ether oxygens (including phenoxy) is 1. The van der Waals surface area contributed by atoms with Crippen molar-refractivity contribution in [1.82, 2.24) is 0 Å². The quantitative estimate of drug-likeness (QED) is 0.621. The molecule has 1 unspecified atom stereocenters. The summed E-state index contributed by atoms with van der Waals surface area (Å²) in [5.74, 6) is 0.827. The van der Waals surface area contributed by atoms with E-state index in [1.165, 1.54) is 0 Å². The predicted molar refractivity (Wildman–Crippen MR) is 63.3 cm³/mol. The minimum atomic E-state index is -0.923. The summed E-state index contributed by atoms with van der Waals surface area (Å²) < 4.78 is 5.27. The van der Waals surface area contributed by atoms with Crippen LogP contribution in [0, 0.1) is 0 Å². The predicted octanol–water partition coefficient (Wildman–Crippen LogP) is 1.34. The topological polar surface area (TPSA) is 72.5 Å². The van der Waals surface area contributed by atoms with Crippen molar-refractivity contribution in [2.24, 2.45) is 5.73 Å². The molecule has 0 saturated heterocycles. The zero-order chi connectivity index (χ0) is 11.9. The third kappa shape index (κ3) is 7.64. The molecule has 0 aromatic rings. The minimum Gasteiger partial charge on any atom is -0.480 e. The number of carboxylic acids is 1. The Morgan fingerprint density at radius 3 is 2.60 bits per heavy atom. The Morgan fingerprint density at radius 2 is 2.13 bits per heavy atom. The monoisotopic (exact) mass is 235 g/mol. The van der Waals surface area contributed by atoms with E-state index in [1.807, 2.05) is 13.8 Å². The summed E-state index contributed by atoms with van der Waals surface area (Å²) in [6.45, 7) is 4.08. The van der Waals surface area contributed by atoms with Gasteiger partial charge in [0.25, 0.3) is 0 Å². The molecule has 0 fully saturated rings. The van der Waals surface area contributed by atoms with E-state index in [-0.39, 0.29) is 5.60 Å². The van der Waals surface area contributed by atoms with Crippen LogP contribution in [0.15, 0.2) is 0 Å². The van der Waals surface area contributed by atoms with Crippen molar-refractivity contribution in [2.75, 3.05) is 18.6 Å². The zero-order valence-electron chi connectivity index (χ0n) is 9.66. The van der Waals surface area contributed by atoms with Gasteiger partial charge in [0.15, 0.2) is 0 Å². The molecule has 3 N–H and O–H groups in total. The van der Waals surface area contributed by atoms with Crippen molar-refractivity contribution in [3.8, 4) is 0 Å². The number of methoxy groups -OCH3 is 1. The van der Waals surface area contributed by atoms with E-state index in [4.69, 9.17) is 15.6 Å². The van der Waals surface area contributed by atoms with Gasteiger partial charge in [0.1, 0.15) is 6.04 Å². The number of thioether (sulfide) groups is 1. The minimum absolute atomic E-state index is 0.0953. The molecule has 0 saturated carbocycles. The van der Waals surface area contributed by atoms with Crippen molar-refractivity contribution >= 4 is 17.7 Å². The molecule has 0 aromatic carbocycles. The van der Waals surface area contributed by atoms with Gasteiger partial charge in [-0.15, -0.1) is 0 Å². The summed E-state index contributed by atoms with van der Waals surface area (Å²) in [5, 5.41) is 8.55. The van der Waals surface area contributed by atoms with E-state index in [0.29, 0.717) is 6.42 Å². The summed E-state index contributed by atoms with van der Waals surface area (Å²) in [5.41, 5.74) is 5.28. The molecule has 5 heteroatoms. The van der Waals surface area contributed by atoms with E-state index in [0.717, 1.165) is 17.9 Å². The Bertz CT molecular complexity index is 197. The van der Waals surface area contributed by atoms with Gasteiger partial charge in [0.2, 0.25) is 0 Å². The van der Waals surface area contributed by atoms with Crippen LogP contribution in [0.2, 0.25) is 0 Å². The van der Waals surface area contributed by atoms with E-state index in [2.05, 4.69) is 0 Å². The molecular weight excluding hydrogens is 214 g/mol. The van der Waals surface area contributed by atoms with Crippen molar-refractivity contribution in [3.63, 3.8) is 0 Å². The fourth-order valence-corrected chi connectivity index (χ4v) is 2.12. The van der Waals surface area contributed by atoms with Crippen LogP contribution in [0.25, 0.3) is 0 Å². The highest BCUT2D eigenvalue weighted by Crippen LogP contribution is 2.17. The van der Waals surface area contributed by atoms with Gasteiger partial charge in [-0.3, -0.25) is 4.79 Å². The SMILES string of the molecule is COC(C)(C)CCSCCC(N)C(=O)O. The molecule has 0 spiro atoms. The number of rotatable bonds is 8. The van der Waals surface area contributed by atoms with Gasteiger partial charge in [0, 0.05) is 7.11 Å². The van der Waals surface area contributed by atoms with Crippen LogP contribution in [-0.4, -0.2) is 41.3 Å². The van der Waals surface area contributed by atoms with Gasteiger partial charge in [-0.2, -0.15) is 11.8 Å². The molecule has 0 aromatic heterocycles. The molecule has 90 valence electrons. The van der Waals surface area contributed by atoms with Crippen molar-refractivity contribution in [1.29, 1.82) is 0 Å². The van der Waals surface area contributed by atoms with Crippen LogP contribution >= 0.6 is 11.8 Å². The van der Waals surface area contributed by atoms with Crippen LogP contribution in [0.5, 0.6) is 0 Å². The van der Waals surface area contributed by atoms with Crippen molar-refractivity contribution in [3.05, 3.63) is 0 Å². The second-order valence-electron chi connectivity index (χ2n) is 4.06. The molecule has 0 heterocycles. The maximum Gasteiger partial charge on any atom is 0.320 e. The highest BCUT2D eigenvalue weighted by molar-refractivity contribution is 7.99. The average molecular weight is 235 g/mol. The Morgan fingerprint density at radius 1 is 1.53 bits per heavy atom. The highest BCUT2D eigenvalue weighted by atomic mass is 32.2. The summed E-state index contributed by atoms with van der Waals surface area (Å²) in [6.07, 6.45) is 1.48. The lowest BCUT2D eigenvalue weighted by atomic mass is 10.1. The van der Waals surface area contributed by atoms with Gasteiger partial charge in [-0.25, -0.2) is 0 Å². The summed E-state index contributed by atoms with van der Waals surface area (Å²) >= 11 is 1.72. The first-order chi connectivity index (χ1) is 6.89. The third-order valence-electron chi connectivity index (χ3n) is 2.29. The average Bonchev–Trinajstić information content (AvgIpc) is 2.16. The lowest BCUT2D eigenvalue weighted by molar-refractivity contribution is -0.138. The number of nitrogens with two attached hydrogens (primary N) is 1. The molecule has 0 radical (unpaired) electrons. The number of aliphatic carboxylic acids is 1. The summed E-state index contributed by atoms with van der Waals surface area (Å²) in [4.78, 5) is 10.4. The van der Waals surface area contributed by atoms with Crippen molar-refractivity contribution < 1.29 is 14.6 Å². The number of hydrogen-bond donors (Lipinski definition) is 2. The van der Waals surface area contributed by atoms with Gasteiger partial charge in [0.05, 0.1) is 5.60 Å².